The van der Waals surface area contributed by atoms with Gasteiger partial charge in [-0.2, -0.15) is 0 Å². The van der Waals surface area contributed by atoms with Crippen LogP contribution in [0.3, 0.4) is 0 Å². The molecule has 7 heteroatoms. The van der Waals surface area contributed by atoms with Crippen LogP contribution < -0.4 is 15.4 Å². The summed E-state index contributed by atoms with van der Waals surface area (Å²) in [4.78, 5) is 17.7. The van der Waals surface area contributed by atoms with Crippen LogP contribution in [0, 0.1) is 11.8 Å². The van der Waals surface area contributed by atoms with Gasteiger partial charge in [0, 0.05) is 38.2 Å². The molecule has 2 aliphatic heterocycles. The van der Waals surface area contributed by atoms with Crippen LogP contribution in [-0.4, -0.2) is 59.3 Å². The number of thiocarbonyl (C=S) groups is 1. The summed E-state index contributed by atoms with van der Waals surface area (Å²) in [6, 6.07) is 7.75. The van der Waals surface area contributed by atoms with Crippen molar-refractivity contribution in [2.24, 2.45) is 11.8 Å². The molecule has 2 heterocycles. The minimum Gasteiger partial charge on any atom is -0.497 e. The number of hydrogen-bond donors (Lipinski definition) is 2. The highest BCUT2D eigenvalue weighted by atomic mass is 32.1. The summed E-state index contributed by atoms with van der Waals surface area (Å²) in [6.45, 7) is 6.95. The van der Waals surface area contributed by atoms with Crippen LogP contribution in [0.2, 0.25) is 0 Å². The molecule has 0 aromatic heterocycles. The Labute approximate surface area is 185 Å². The number of nitrogens with zero attached hydrogens (tertiary/aromatic N) is 2. The monoisotopic (exact) mass is 430 g/mol. The van der Waals surface area contributed by atoms with Gasteiger partial charge in [-0.05, 0) is 61.2 Å². The maximum absolute atomic E-state index is 13.3. The maximum atomic E-state index is 13.3. The van der Waals surface area contributed by atoms with E-state index >= 15 is 0 Å². The van der Waals surface area contributed by atoms with Crippen LogP contribution in [0.15, 0.2) is 24.3 Å². The number of hydrogen-bond acceptors (Lipinski definition) is 4. The van der Waals surface area contributed by atoms with Crippen molar-refractivity contribution in [2.45, 2.75) is 57.7 Å². The molecule has 3 fully saturated rings. The van der Waals surface area contributed by atoms with E-state index in [1.165, 1.54) is 12.8 Å². The number of carbonyl (C=O) groups excluding carboxylic acids is 1. The lowest BCUT2D eigenvalue weighted by molar-refractivity contribution is -0.134. The second kappa shape index (κ2) is 8.71. The van der Waals surface area contributed by atoms with Crippen molar-refractivity contribution < 1.29 is 9.53 Å². The molecule has 2 N–H and O–H groups in total. The van der Waals surface area contributed by atoms with E-state index in [-0.39, 0.29) is 11.7 Å². The summed E-state index contributed by atoms with van der Waals surface area (Å²) in [5.41, 5.74) is 0.752. The molecular weight excluding hydrogens is 396 g/mol. The number of rotatable bonds is 6. The zero-order valence-electron chi connectivity index (χ0n) is 18.3. The molecule has 1 saturated carbocycles. The number of methoxy groups -OCH3 is 1. The number of amides is 1. The Morgan fingerprint density at radius 3 is 2.53 bits per heavy atom. The molecule has 4 rings (SSSR count). The third-order valence-electron chi connectivity index (χ3n) is 7.04. The van der Waals surface area contributed by atoms with Crippen molar-refractivity contribution >= 4 is 28.9 Å². The summed E-state index contributed by atoms with van der Waals surface area (Å²) >= 11 is 5.68. The molecule has 3 aliphatic rings. The number of likely N-dealkylation sites (tertiary alicyclic amines) is 1. The lowest BCUT2D eigenvalue weighted by Crippen LogP contribution is -2.60. The van der Waals surface area contributed by atoms with Gasteiger partial charge in [0.25, 0.3) is 0 Å². The lowest BCUT2D eigenvalue weighted by Gasteiger charge is -2.45. The van der Waals surface area contributed by atoms with E-state index in [9.17, 15) is 4.79 Å². The van der Waals surface area contributed by atoms with Gasteiger partial charge in [0.05, 0.1) is 18.8 Å². The normalized spacial score (nSPS) is 24.2. The first-order valence-electron chi connectivity index (χ1n) is 11.2. The van der Waals surface area contributed by atoms with Gasteiger partial charge in [-0.3, -0.25) is 10.1 Å². The van der Waals surface area contributed by atoms with Gasteiger partial charge in [0.2, 0.25) is 5.91 Å². The van der Waals surface area contributed by atoms with Crippen LogP contribution in [0.5, 0.6) is 5.75 Å². The summed E-state index contributed by atoms with van der Waals surface area (Å²) in [6.07, 6.45) is 5.34. The Morgan fingerprint density at radius 2 is 1.97 bits per heavy atom. The third-order valence-corrected chi connectivity index (χ3v) is 7.40. The number of piperidine rings is 1. The fourth-order valence-corrected chi connectivity index (χ4v) is 4.92. The fourth-order valence-electron chi connectivity index (χ4n) is 4.62. The molecule has 2 unspecified atom stereocenters. The minimum atomic E-state index is -0.208. The van der Waals surface area contributed by atoms with Crippen molar-refractivity contribution in [3.05, 3.63) is 24.3 Å². The Bertz CT molecular complexity index is 772. The molecule has 164 valence electrons. The van der Waals surface area contributed by atoms with Gasteiger partial charge >= 0.3 is 0 Å². The highest BCUT2D eigenvalue weighted by Gasteiger charge is 2.53. The van der Waals surface area contributed by atoms with Crippen LogP contribution in [-0.2, 0) is 4.79 Å². The average Bonchev–Trinajstić information content (AvgIpc) is 3.56. The van der Waals surface area contributed by atoms with E-state index in [1.807, 2.05) is 24.3 Å². The fraction of sp³-hybridized carbons (Fsp3) is 0.652. The highest BCUT2D eigenvalue weighted by Crippen LogP contribution is 2.39. The van der Waals surface area contributed by atoms with Gasteiger partial charge in [-0.15, -0.1) is 0 Å². The number of carbonyl (C=O) groups is 1. The topological polar surface area (TPSA) is 56.8 Å². The molecule has 0 bridgehead atoms. The number of anilines is 1. The molecule has 1 aromatic rings. The van der Waals surface area contributed by atoms with Gasteiger partial charge < -0.3 is 19.9 Å². The van der Waals surface area contributed by atoms with Crippen molar-refractivity contribution in [1.82, 2.24) is 15.1 Å². The zero-order valence-corrected chi connectivity index (χ0v) is 19.1. The van der Waals surface area contributed by atoms with Gasteiger partial charge in [0.1, 0.15) is 5.75 Å². The van der Waals surface area contributed by atoms with E-state index in [4.69, 9.17) is 17.0 Å². The van der Waals surface area contributed by atoms with Gasteiger partial charge in [0.15, 0.2) is 5.11 Å². The number of nitrogens with one attached hydrogen (secondary N) is 2. The second-order valence-electron chi connectivity index (χ2n) is 9.08. The molecule has 2 atom stereocenters. The van der Waals surface area contributed by atoms with Crippen LogP contribution >= 0.6 is 12.2 Å². The Hall–Kier alpha value is -1.86. The van der Waals surface area contributed by atoms with Gasteiger partial charge in [-0.25, -0.2) is 0 Å². The van der Waals surface area contributed by atoms with Crippen molar-refractivity contribution in [1.29, 1.82) is 0 Å². The highest BCUT2D eigenvalue weighted by molar-refractivity contribution is 7.80. The Morgan fingerprint density at radius 1 is 1.30 bits per heavy atom. The van der Waals surface area contributed by atoms with E-state index in [2.05, 4.69) is 34.3 Å². The predicted octanol–water partition coefficient (Wildman–Crippen LogP) is 3.44. The number of benzene rings is 1. The van der Waals surface area contributed by atoms with Crippen LogP contribution in [0.1, 0.15) is 46.0 Å². The van der Waals surface area contributed by atoms with Crippen LogP contribution in [0.4, 0.5) is 5.69 Å². The van der Waals surface area contributed by atoms with Crippen LogP contribution in [0.25, 0.3) is 0 Å². The van der Waals surface area contributed by atoms with Crippen molar-refractivity contribution in [3.63, 3.8) is 0 Å². The zero-order chi connectivity index (χ0) is 21.3. The molecule has 1 amide bonds. The summed E-state index contributed by atoms with van der Waals surface area (Å²) in [5.74, 6) is 2.19. The summed E-state index contributed by atoms with van der Waals surface area (Å²) < 4.78 is 5.22. The van der Waals surface area contributed by atoms with E-state index in [1.54, 1.807) is 7.11 Å². The lowest BCUT2D eigenvalue weighted by atomic mass is 9.95. The predicted molar refractivity (Wildman–Crippen MR) is 124 cm³/mol. The molecule has 30 heavy (non-hydrogen) atoms. The third kappa shape index (κ3) is 4.28. The largest absolute Gasteiger partial charge is 0.497 e. The van der Waals surface area contributed by atoms with Crippen molar-refractivity contribution in [3.8, 4) is 5.75 Å². The van der Waals surface area contributed by atoms with Gasteiger partial charge in [-0.1, -0.05) is 20.3 Å². The SMILES string of the molecule is CCC(C)C1NC2(CCN(C(=S)Nc3ccc(OC)cc3)CC2)N(CC2CC2)C1=O. The second-order valence-corrected chi connectivity index (χ2v) is 9.46. The Kier molecular flexibility index (Phi) is 6.21. The quantitative estimate of drug-likeness (QED) is 0.675. The maximum Gasteiger partial charge on any atom is 0.241 e. The molecular formula is C23H34N4O2S. The molecule has 1 aromatic carbocycles. The first kappa shape index (κ1) is 21.4. The smallest absolute Gasteiger partial charge is 0.241 e. The molecule has 6 nitrogen and oxygen atoms in total. The van der Waals surface area contributed by atoms with E-state index in [0.717, 1.165) is 55.4 Å². The van der Waals surface area contributed by atoms with E-state index in [0.29, 0.717) is 17.7 Å². The summed E-state index contributed by atoms with van der Waals surface area (Å²) in [5, 5.41) is 7.87. The van der Waals surface area contributed by atoms with E-state index < -0.39 is 0 Å². The molecule has 2 saturated heterocycles. The average molecular weight is 431 g/mol. The first-order valence-corrected chi connectivity index (χ1v) is 11.7. The molecule has 1 spiro atoms. The molecule has 1 aliphatic carbocycles. The number of ether oxygens (including phenoxy) is 1. The minimum absolute atomic E-state index is 0.0512. The first-order chi connectivity index (χ1) is 14.5. The summed E-state index contributed by atoms with van der Waals surface area (Å²) in [7, 11) is 1.66. The molecule has 0 radical (unpaired) electrons. The standard InChI is InChI=1S/C23H34N4O2S/c1-4-16(2)20-21(28)27(15-17-5-6-17)23(25-20)11-13-26(14-12-23)22(30)24-18-7-9-19(29-3)10-8-18/h7-10,16-17,20,25H,4-6,11-15H2,1-3H3,(H,24,30). The Balaban J connectivity index is 1.40. The van der Waals surface area contributed by atoms with Crippen molar-refractivity contribution in [2.75, 3.05) is 32.1 Å².